The number of rotatable bonds is 5. The Morgan fingerprint density at radius 2 is 2.00 bits per heavy atom. The fourth-order valence-electron chi connectivity index (χ4n) is 2.38. The van der Waals surface area contributed by atoms with E-state index in [2.05, 4.69) is 11.0 Å². The van der Waals surface area contributed by atoms with Gasteiger partial charge in [-0.1, -0.05) is 24.3 Å². The first-order valence-corrected chi connectivity index (χ1v) is 7.20. The van der Waals surface area contributed by atoms with Gasteiger partial charge in [-0.3, -0.25) is 4.90 Å². The first-order valence-electron chi connectivity index (χ1n) is 6.32. The Labute approximate surface area is 117 Å². The van der Waals surface area contributed by atoms with Crippen LogP contribution >= 0.6 is 11.3 Å². The van der Waals surface area contributed by atoms with Crippen molar-refractivity contribution in [1.82, 2.24) is 4.90 Å². The predicted octanol–water partition coefficient (Wildman–Crippen LogP) is 3.41. The third-order valence-corrected chi connectivity index (χ3v) is 4.04. The number of hydrogen-bond donors (Lipinski definition) is 1. The lowest BCUT2D eigenvalue weighted by Gasteiger charge is -2.31. The molecule has 0 aliphatic carbocycles. The van der Waals surface area contributed by atoms with Gasteiger partial charge in [0.15, 0.2) is 0 Å². The Morgan fingerprint density at radius 1 is 1.26 bits per heavy atom. The van der Waals surface area contributed by atoms with Crippen LogP contribution in [0.5, 0.6) is 0 Å². The first-order chi connectivity index (χ1) is 9.09. The van der Waals surface area contributed by atoms with Gasteiger partial charge < -0.3 is 5.73 Å². The van der Waals surface area contributed by atoms with Gasteiger partial charge in [0.25, 0.3) is 0 Å². The summed E-state index contributed by atoms with van der Waals surface area (Å²) in [7, 11) is 1.99. The number of thiophene rings is 1. The van der Waals surface area contributed by atoms with Gasteiger partial charge in [-0.05, 0) is 31.5 Å². The number of halogens is 1. The van der Waals surface area contributed by atoms with Gasteiger partial charge in [-0.2, -0.15) is 0 Å². The quantitative estimate of drug-likeness (QED) is 0.908. The van der Waals surface area contributed by atoms with Gasteiger partial charge in [0.2, 0.25) is 0 Å². The van der Waals surface area contributed by atoms with E-state index in [1.807, 2.05) is 37.6 Å². The molecule has 0 aliphatic heterocycles. The summed E-state index contributed by atoms with van der Waals surface area (Å²) in [5, 5.41) is 2.05. The van der Waals surface area contributed by atoms with Gasteiger partial charge in [-0.25, -0.2) is 4.39 Å². The van der Waals surface area contributed by atoms with Crippen molar-refractivity contribution in [2.45, 2.75) is 25.6 Å². The Balaban J connectivity index is 2.23. The lowest BCUT2D eigenvalue weighted by Crippen LogP contribution is -2.37. The molecule has 2 atom stereocenters. The molecule has 2 unspecified atom stereocenters. The summed E-state index contributed by atoms with van der Waals surface area (Å²) in [4.78, 5) is 3.36. The third-order valence-electron chi connectivity index (χ3n) is 3.18. The van der Waals surface area contributed by atoms with E-state index in [-0.39, 0.29) is 17.9 Å². The molecule has 1 heterocycles. The molecular formula is C15H19FN2S. The van der Waals surface area contributed by atoms with Gasteiger partial charge in [0, 0.05) is 23.0 Å². The monoisotopic (exact) mass is 278 g/mol. The molecule has 2 nitrogen and oxygen atoms in total. The zero-order valence-corrected chi connectivity index (χ0v) is 12.0. The Hall–Kier alpha value is -1.23. The number of nitrogens with zero attached hydrogens (tertiary/aromatic N) is 1. The van der Waals surface area contributed by atoms with Gasteiger partial charge >= 0.3 is 0 Å². The first kappa shape index (κ1) is 14.2. The zero-order chi connectivity index (χ0) is 13.8. The van der Waals surface area contributed by atoms with E-state index >= 15 is 0 Å². The van der Waals surface area contributed by atoms with Crippen molar-refractivity contribution in [2.24, 2.45) is 5.73 Å². The highest BCUT2D eigenvalue weighted by molar-refractivity contribution is 7.09. The van der Waals surface area contributed by atoms with E-state index in [9.17, 15) is 4.39 Å². The van der Waals surface area contributed by atoms with Crippen LogP contribution in [0.2, 0.25) is 0 Å². The topological polar surface area (TPSA) is 29.3 Å². The maximum atomic E-state index is 14.0. The average Bonchev–Trinajstić information content (AvgIpc) is 2.84. The van der Waals surface area contributed by atoms with Crippen molar-refractivity contribution in [1.29, 1.82) is 0 Å². The molecule has 102 valence electrons. The molecule has 19 heavy (non-hydrogen) atoms. The molecule has 0 spiro atoms. The summed E-state index contributed by atoms with van der Waals surface area (Å²) in [6, 6.07) is 10.7. The van der Waals surface area contributed by atoms with E-state index in [1.54, 1.807) is 17.4 Å². The molecule has 0 aliphatic rings. The van der Waals surface area contributed by atoms with Crippen LogP contribution in [0.25, 0.3) is 0 Å². The summed E-state index contributed by atoms with van der Waals surface area (Å²) in [6.45, 7) is 2.69. The van der Waals surface area contributed by atoms with Crippen LogP contribution in [0.15, 0.2) is 41.8 Å². The van der Waals surface area contributed by atoms with Crippen LogP contribution in [0.4, 0.5) is 4.39 Å². The molecule has 0 radical (unpaired) electrons. The third kappa shape index (κ3) is 3.41. The summed E-state index contributed by atoms with van der Waals surface area (Å²) >= 11 is 1.70. The highest BCUT2D eigenvalue weighted by Crippen LogP contribution is 2.26. The molecule has 1 aromatic carbocycles. The standard InChI is InChI=1S/C15H19FN2S/c1-11(17)15(13-7-3-4-8-14(13)16)18(2)10-12-6-5-9-19-12/h3-9,11,15H,10,17H2,1-2H3. The zero-order valence-electron chi connectivity index (χ0n) is 11.2. The number of nitrogens with two attached hydrogens (primary N) is 1. The molecule has 0 bridgehead atoms. The molecule has 0 saturated carbocycles. The molecule has 4 heteroatoms. The van der Waals surface area contributed by atoms with Gasteiger partial charge in [0.1, 0.15) is 5.82 Å². The number of likely N-dealkylation sites (N-methyl/N-ethyl adjacent to an activating group) is 1. The van der Waals surface area contributed by atoms with Crippen LogP contribution in [0.3, 0.4) is 0 Å². The second-order valence-corrected chi connectivity index (χ2v) is 5.85. The van der Waals surface area contributed by atoms with E-state index in [1.165, 1.54) is 10.9 Å². The Bertz CT molecular complexity index is 511. The maximum absolute atomic E-state index is 14.0. The van der Waals surface area contributed by atoms with E-state index < -0.39 is 0 Å². The lowest BCUT2D eigenvalue weighted by atomic mass is 9.99. The minimum absolute atomic E-state index is 0.122. The fourth-order valence-corrected chi connectivity index (χ4v) is 3.15. The van der Waals surface area contributed by atoms with Crippen molar-refractivity contribution in [3.05, 3.63) is 58.0 Å². The Kier molecular flexibility index (Phi) is 4.69. The molecule has 2 aromatic rings. The molecule has 2 rings (SSSR count). The van der Waals surface area contributed by atoms with Crippen molar-refractivity contribution in [3.63, 3.8) is 0 Å². The largest absolute Gasteiger partial charge is 0.326 e. The van der Waals surface area contributed by atoms with Crippen molar-refractivity contribution < 1.29 is 4.39 Å². The van der Waals surface area contributed by atoms with Crippen molar-refractivity contribution >= 4 is 11.3 Å². The average molecular weight is 278 g/mol. The van der Waals surface area contributed by atoms with Gasteiger partial charge in [-0.15, -0.1) is 11.3 Å². The van der Waals surface area contributed by atoms with Crippen LogP contribution < -0.4 is 5.73 Å². The highest BCUT2D eigenvalue weighted by atomic mass is 32.1. The molecule has 1 aromatic heterocycles. The van der Waals surface area contributed by atoms with E-state index in [0.717, 1.165) is 6.54 Å². The highest BCUT2D eigenvalue weighted by Gasteiger charge is 2.24. The fraction of sp³-hybridized carbons (Fsp3) is 0.333. The minimum Gasteiger partial charge on any atom is -0.326 e. The summed E-state index contributed by atoms with van der Waals surface area (Å²) in [5.41, 5.74) is 6.73. The number of hydrogen-bond acceptors (Lipinski definition) is 3. The molecule has 0 amide bonds. The summed E-state index contributed by atoms with van der Waals surface area (Å²) in [5.74, 6) is -0.192. The smallest absolute Gasteiger partial charge is 0.128 e. The number of benzene rings is 1. The van der Waals surface area contributed by atoms with E-state index in [0.29, 0.717) is 5.56 Å². The Morgan fingerprint density at radius 3 is 2.58 bits per heavy atom. The SMILES string of the molecule is CC(N)C(c1ccccc1F)N(C)Cc1cccs1. The second kappa shape index (κ2) is 6.28. The van der Waals surface area contributed by atoms with Crippen LogP contribution in [0.1, 0.15) is 23.4 Å². The normalized spacial score (nSPS) is 14.6. The predicted molar refractivity (Wildman–Crippen MR) is 78.6 cm³/mol. The van der Waals surface area contributed by atoms with Crippen LogP contribution in [-0.2, 0) is 6.54 Å². The molecule has 0 fully saturated rings. The summed E-state index contributed by atoms with van der Waals surface area (Å²) < 4.78 is 14.0. The lowest BCUT2D eigenvalue weighted by molar-refractivity contribution is 0.208. The van der Waals surface area contributed by atoms with Crippen LogP contribution in [-0.4, -0.2) is 18.0 Å². The second-order valence-electron chi connectivity index (χ2n) is 4.82. The maximum Gasteiger partial charge on any atom is 0.128 e. The van der Waals surface area contributed by atoms with Gasteiger partial charge in [0.05, 0.1) is 6.04 Å². The van der Waals surface area contributed by atoms with Crippen molar-refractivity contribution in [2.75, 3.05) is 7.05 Å². The molecule has 2 N–H and O–H groups in total. The molecular weight excluding hydrogens is 259 g/mol. The molecule has 0 saturated heterocycles. The van der Waals surface area contributed by atoms with E-state index in [4.69, 9.17) is 5.73 Å². The van der Waals surface area contributed by atoms with Crippen LogP contribution in [0, 0.1) is 5.82 Å². The minimum atomic E-state index is -0.192. The van der Waals surface area contributed by atoms with Crippen molar-refractivity contribution in [3.8, 4) is 0 Å². The summed E-state index contributed by atoms with van der Waals surface area (Å²) in [6.07, 6.45) is 0.